The average molecular weight is 223 g/mol. The summed E-state index contributed by atoms with van der Waals surface area (Å²) >= 11 is 0. The third kappa shape index (κ3) is 3.52. The highest BCUT2D eigenvalue weighted by Crippen LogP contribution is 2.17. The predicted octanol–water partition coefficient (Wildman–Crippen LogP) is 1.15. The molecule has 4 nitrogen and oxygen atoms in total. The summed E-state index contributed by atoms with van der Waals surface area (Å²) in [6.45, 7) is 2.80. The summed E-state index contributed by atoms with van der Waals surface area (Å²) in [6, 6.07) is 0.428. The van der Waals surface area contributed by atoms with Crippen LogP contribution in [-0.2, 0) is 0 Å². The molecule has 1 heterocycles. The average Bonchev–Trinajstić information content (AvgIpc) is 2.25. The predicted molar refractivity (Wildman–Crippen MR) is 64.4 cm³/mol. The molecule has 1 saturated carbocycles. The first kappa shape index (κ1) is 11.5. The molecule has 2 aliphatic rings. The monoisotopic (exact) mass is 223 g/mol. The summed E-state index contributed by atoms with van der Waals surface area (Å²) in [5.74, 6) is 0. The molecule has 3 N–H and O–H groups in total. The van der Waals surface area contributed by atoms with Crippen LogP contribution in [0.15, 0.2) is 11.6 Å². The molecule has 0 bridgehead atoms. The lowest BCUT2D eigenvalue weighted by molar-refractivity contribution is 0.228. The van der Waals surface area contributed by atoms with Crippen molar-refractivity contribution in [2.45, 2.75) is 38.1 Å². The molecule has 90 valence electrons. The minimum atomic E-state index is -0.000709. The number of rotatable bonds is 4. The second-order valence-electron chi connectivity index (χ2n) is 4.59. The lowest BCUT2D eigenvalue weighted by atomic mass is 9.93. The van der Waals surface area contributed by atoms with Crippen molar-refractivity contribution < 1.29 is 4.79 Å². The molecule has 1 aliphatic heterocycles. The van der Waals surface area contributed by atoms with Crippen LogP contribution >= 0.6 is 0 Å². The highest BCUT2D eigenvalue weighted by molar-refractivity contribution is 5.74. The van der Waals surface area contributed by atoms with Crippen molar-refractivity contribution >= 4 is 6.03 Å². The number of carbonyl (C=O) groups excluding carboxylic acids is 1. The Labute approximate surface area is 96.9 Å². The van der Waals surface area contributed by atoms with E-state index in [-0.39, 0.29) is 6.03 Å². The van der Waals surface area contributed by atoms with Crippen LogP contribution in [0.5, 0.6) is 0 Å². The molecular weight excluding hydrogens is 202 g/mol. The molecule has 0 radical (unpaired) electrons. The maximum Gasteiger partial charge on any atom is 0.315 e. The molecule has 0 saturated heterocycles. The maximum atomic E-state index is 11.4. The Balaban J connectivity index is 1.56. The quantitative estimate of drug-likeness (QED) is 0.626. The second kappa shape index (κ2) is 5.89. The second-order valence-corrected chi connectivity index (χ2v) is 4.59. The van der Waals surface area contributed by atoms with Gasteiger partial charge in [0.25, 0.3) is 0 Å². The first-order valence-corrected chi connectivity index (χ1v) is 6.27. The number of hydrogen-bond donors (Lipinski definition) is 3. The first-order valence-electron chi connectivity index (χ1n) is 6.27. The molecular formula is C12H21N3O. The van der Waals surface area contributed by atoms with Crippen molar-refractivity contribution in [2.24, 2.45) is 0 Å². The normalized spacial score (nSPS) is 20.9. The van der Waals surface area contributed by atoms with Crippen molar-refractivity contribution in [3.05, 3.63) is 11.6 Å². The van der Waals surface area contributed by atoms with Crippen LogP contribution in [0.25, 0.3) is 0 Å². The molecule has 0 aromatic carbocycles. The van der Waals surface area contributed by atoms with Gasteiger partial charge in [-0.3, -0.25) is 0 Å². The molecule has 2 amide bonds. The lowest BCUT2D eigenvalue weighted by Crippen LogP contribution is -2.45. The van der Waals surface area contributed by atoms with Gasteiger partial charge in [0, 0.05) is 19.1 Å². The Morgan fingerprint density at radius 3 is 3.00 bits per heavy atom. The van der Waals surface area contributed by atoms with Gasteiger partial charge in [0.05, 0.1) is 0 Å². The Hall–Kier alpha value is -1.03. The van der Waals surface area contributed by atoms with Gasteiger partial charge in [-0.2, -0.15) is 0 Å². The molecule has 1 fully saturated rings. The molecule has 0 aromatic rings. The fourth-order valence-electron chi connectivity index (χ4n) is 2.02. The minimum Gasteiger partial charge on any atom is -0.338 e. The zero-order chi connectivity index (χ0) is 11.2. The Morgan fingerprint density at radius 1 is 1.50 bits per heavy atom. The van der Waals surface area contributed by atoms with Gasteiger partial charge in [0.1, 0.15) is 0 Å². The smallest absolute Gasteiger partial charge is 0.315 e. The van der Waals surface area contributed by atoms with Crippen molar-refractivity contribution in [3.63, 3.8) is 0 Å². The molecule has 0 spiro atoms. The summed E-state index contributed by atoms with van der Waals surface area (Å²) in [7, 11) is 0. The molecule has 0 unspecified atom stereocenters. The lowest BCUT2D eigenvalue weighted by Gasteiger charge is -2.26. The molecule has 1 aliphatic carbocycles. The third-order valence-electron chi connectivity index (χ3n) is 3.33. The van der Waals surface area contributed by atoms with Crippen LogP contribution in [0, 0.1) is 0 Å². The number of carbonyl (C=O) groups is 1. The highest BCUT2D eigenvalue weighted by Gasteiger charge is 2.18. The van der Waals surface area contributed by atoms with Gasteiger partial charge < -0.3 is 16.0 Å². The molecule has 4 heteroatoms. The molecule has 2 rings (SSSR count). The van der Waals surface area contributed by atoms with Gasteiger partial charge in [0.15, 0.2) is 0 Å². The third-order valence-corrected chi connectivity index (χ3v) is 3.33. The van der Waals surface area contributed by atoms with E-state index in [2.05, 4.69) is 22.0 Å². The van der Waals surface area contributed by atoms with E-state index >= 15 is 0 Å². The fourth-order valence-corrected chi connectivity index (χ4v) is 2.02. The Morgan fingerprint density at radius 2 is 2.38 bits per heavy atom. The number of urea groups is 1. The van der Waals surface area contributed by atoms with Crippen LogP contribution in [0.4, 0.5) is 4.79 Å². The van der Waals surface area contributed by atoms with Crippen LogP contribution in [0.2, 0.25) is 0 Å². The Bertz CT molecular complexity index is 271. The maximum absolute atomic E-state index is 11.4. The van der Waals surface area contributed by atoms with E-state index in [9.17, 15) is 4.79 Å². The van der Waals surface area contributed by atoms with Gasteiger partial charge in [-0.15, -0.1) is 0 Å². The molecule has 0 aromatic heterocycles. The van der Waals surface area contributed by atoms with Gasteiger partial charge in [-0.25, -0.2) is 4.79 Å². The minimum absolute atomic E-state index is 0.000709. The van der Waals surface area contributed by atoms with Crippen LogP contribution < -0.4 is 16.0 Å². The number of amides is 2. The summed E-state index contributed by atoms with van der Waals surface area (Å²) in [5.41, 5.74) is 1.46. The van der Waals surface area contributed by atoms with E-state index in [4.69, 9.17) is 0 Å². The van der Waals surface area contributed by atoms with Crippen LogP contribution in [0.3, 0.4) is 0 Å². The standard InChI is InChI=1S/C12H21N3O/c16-12(15-11-2-1-3-11)14-9-6-10-4-7-13-8-5-10/h4,11,13H,1-3,5-9H2,(H2,14,15,16). The van der Waals surface area contributed by atoms with E-state index in [1.165, 1.54) is 12.0 Å². The Kier molecular flexibility index (Phi) is 4.22. The number of nitrogens with one attached hydrogen (secondary N) is 3. The van der Waals surface area contributed by atoms with Gasteiger partial charge in [0.2, 0.25) is 0 Å². The summed E-state index contributed by atoms with van der Waals surface area (Å²) < 4.78 is 0. The molecule has 0 atom stereocenters. The van der Waals surface area contributed by atoms with E-state index in [1.54, 1.807) is 0 Å². The summed E-state index contributed by atoms with van der Waals surface area (Å²) in [4.78, 5) is 11.4. The van der Waals surface area contributed by atoms with E-state index in [0.717, 1.165) is 45.3 Å². The van der Waals surface area contributed by atoms with Crippen molar-refractivity contribution in [2.75, 3.05) is 19.6 Å². The van der Waals surface area contributed by atoms with Gasteiger partial charge in [-0.05, 0) is 38.6 Å². The van der Waals surface area contributed by atoms with Gasteiger partial charge in [-0.1, -0.05) is 11.6 Å². The van der Waals surface area contributed by atoms with E-state index in [1.807, 2.05) is 0 Å². The largest absolute Gasteiger partial charge is 0.338 e. The zero-order valence-electron chi connectivity index (χ0n) is 9.72. The highest BCUT2D eigenvalue weighted by atomic mass is 16.2. The topological polar surface area (TPSA) is 53.2 Å². The van der Waals surface area contributed by atoms with Crippen molar-refractivity contribution in [3.8, 4) is 0 Å². The fraction of sp³-hybridized carbons (Fsp3) is 0.750. The van der Waals surface area contributed by atoms with E-state index in [0.29, 0.717) is 6.04 Å². The SMILES string of the molecule is O=C(NCCC1=CCNCC1)NC1CCC1. The van der Waals surface area contributed by atoms with E-state index < -0.39 is 0 Å². The number of hydrogen-bond acceptors (Lipinski definition) is 2. The summed E-state index contributed by atoms with van der Waals surface area (Å²) in [6.07, 6.45) is 7.88. The van der Waals surface area contributed by atoms with Crippen LogP contribution in [0.1, 0.15) is 32.1 Å². The van der Waals surface area contributed by atoms with Crippen molar-refractivity contribution in [1.82, 2.24) is 16.0 Å². The van der Waals surface area contributed by atoms with Gasteiger partial charge >= 0.3 is 6.03 Å². The molecule has 16 heavy (non-hydrogen) atoms. The zero-order valence-corrected chi connectivity index (χ0v) is 9.72. The van der Waals surface area contributed by atoms with Crippen LogP contribution in [-0.4, -0.2) is 31.7 Å². The first-order chi connectivity index (χ1) is 7.84. The summed E-state index contributed by atoms with van der Waals surface area (Å²) in [5, 5.41) is 9.17. The van der Waals surface area contributed by atoms with Crippen molar-refractivity contribution in [1.29, 1.82) is 0 Å².